The van der Waals surface area contributed by atoms with E-state index in [9.17, 15) is 14.0 Å². The van der Waals surface area contributed by atoms with Crippen LogP contribution in [0.3, 0.4) is 0 Å². The Morgan fingerprint density at radius 1 is 1.28 bits per heavy atom. The van der Waals surface area contributed by atoms with Gasteiger partial charge in [0, 0.05) is 5.56 Å². The molecule has 0 radical (unpaired) electrons. The van der Waals surface area contributed by atoms with E-state index < -0.39 is 23.5 Å². The summed E-state index contributed by atoms with van der Waals surface area (Å²) in [5, 5.41) is 0. The Balaban J connectivity index is 2.99. The molecule has 4 heteroatoms. The Morgan fingerprint density at radius 2 is 1.94 bits per heavy atom. The fraction of sp³-hybridized carbons (Fsp3) is 0.429. The maximum atomic E-state index is 13.2. The van der Waals surface area contributed by atoms with Gasteiger partial charge in [0.05, 0.1) is 6.61 Å². The first-order valence-corrected chi connectivity index (χ1v) is 5.97. The smallest absolute Gasteiger partial charge is 0.316 e. The van der Waals surface area contributed by atoms with Gasteiger partial charge in [-0.3, -0.25) is 9.59 Å². The topological polar surface area (TPSA) is 43.4 Å². The molecule has 0 aromatic heterocycles. The monoisotopic (exact) mass is 252 g/mol. The Bertz CT molecular complexity index is 434. The number of hydrogen-bond acceptors (Lipinski definition) is 3. The molecule has 1 unspecified atom stereocenters. The Hall–Kier alpha value is -1.71. The number of esters is 1. The van der Waals surface area contributed by atoms with Gasteiger partial charge in [-0.1, -0.05) is 6.92 Å². The van der Waals surface area contributed by atoms with E-state index in [1.54, 1.807) is 26.8 Å². The maximum absolute atomic E-state index is 13.2. The molecule has 3 nitrogen and oxygen atoms in total. The largest absolute Gasteiger partial charge is 0.465 e. The van der Waals surface area contributed by atoms with Crippen LogP contribution >= 0.6 is 0 Å². The number of carbonyl (C=O) groups is 2. The molecule has 0 spiro atoms. The first-order valence-electron chi connectivity index (χ1n) is 5.97. The van der Waals surface area contributed by atoms with Gasteiger partial charge in [0.2, 0.25) is 0 Å². The molecule has 0 aliphatic rings. The summed E-state index contributed by atoms with van der Waals surface area (Å²) in [6.45, 7) is 5.34. The first kappa shape index (κ1) is 14.4. The third-order valence-corrected chi connectivity index (χ3v) is 2.62. The van der Waals surface area contributed by atoms with E-state index >= 15 is 0 Å². The van der Waals surface area contributed by atoms with E-state index in [2.05, 4.69) is 0 Å². The van der Waals surface area contributed by atoms with Crippen molar-refractivity contribution >= 4 is 11.8 Å². The van der Waals surface area contributed by atoms with Gasteiger partial charge in [0.15, 0.2) is 5.78 Å². The van der Waals surface area contributed by atoms with Crippen LogP contribution in [0, 0.1) is 18.7 Å². The fourth-order valence-electron chi connectivity index (χ4n) is 1.78. The minimum atomic E-state index is -0.855. The zero-order valence-electron chi connectivity index (χ0n) is 10.8. The summed E-state index contributed by atoms with van der Waals surface area (Å²) >= 11 is 0. The summed E-state index contributed by atoms with van der Waals surface area (Å²) in [6, 6.07) is 4.06. The number of carbonyl (C=O) groups excluding carboxylic acids is 2. The third-order valence-electron chi connectivity index (χ3n) is 2.62. The molecule has 0 fully saturated rings. The molecule has 1 aromatic rings. The van der Waals surface area contributed by atoms with Crippen molar-refractivity contribution in [2.45, 2.75) is 27.2 Å². The maximum Gasteiger partial charge on any atom is 0.316 e. The zero-order chi connectivity index (χ0) is 13.7. The number of ketones is 1. The molecule has 0 N–H and O–H groups in total. The lowest BCUT2D eigenvalue weighted by Crippen LogP contribution is -2.26. The van der Waals surface area contributed by atoms with Crippen molar-refractivity contribution in [2.75, 3.05) is 6.61 Å². The van der Waals surface area contributed by atoms with Crippen molar-refractivity contribution in [3.05, 3.63) is 35.1 Å². The molecule has 0 aliphatic heterocycles. The second kappa shape index (κ2) is 6.28. The van der Waals surface area contributed by atoms with E-state index in [-0.39, 0.29) is 12.2 Å². The minimum absolute atomic E-state index is 0.215. The second-order valence-electron chi connectivity index (χ2n) is 4.09. The van der Waals surface area contributed by atoms with Gasteiger partial charge < -0.3 is 4.74 Å². The van der Waals surface area contributed by atoms with Gasteiger partial charge in [-0.2, -0.15) is 0 Å². The average Bonchev–Trinajstić information content (AvgIpc) is 2.28. The molecular weight excluding hydrogens is 235 g/mol. The Morgan fingerprint density at radius 3 is 2.44 bits per heavy atom. The van der Waals surface area contributed by atoms with Crippen LogP contribution < -0.4 is 0 Å². The van der Waals surface area contributed by atoms with Crippen LogP contribution in [-0.2, 0) is 9.53 Å². The van der Waals surface area contributed by atoms with Crippen molar-refractivity contribution < 1.29 is 18.7 Å². The predicted octanol–water partition coefficient (Wildman–Crippen LogP) is 2.91. The molecule has 18 heavy (non-hydrogen) atoms. The summed E-state index contributed by atoms with van der Waals surface area (Å²) in [4.78, 5) is 23.8. The highest BCUT2D eigenvalue weighted by molar-refractivity contribution is 6.08. The van der Waals surface area contributed by atoms with Crippen molar-refractivity contribution in [3.8, 4) is 0 Å². The van der Waals surface area contributed by atoms with Crippen LogP contribution in [0.2, 0.25) is 0 Å². The number of halogens is 1. The Kier molecular flexibility index (Phi) is 5.01. The standard InChI is InChI=1S/C14H17FO3/c1-4-12(14(17)18-5-2)13(16)10-6-9(3)7-11(15)8-10/h6-8,12H,4-5H2,1-3H3. The van der Waals surface area contributed by atoms with Gasteiger partial charge in [0.1, 0.15) is 11.7 Å². The highest BCUT2D eigenvalue weighted by Crippen LogP contribution is 2.17. The van der Waals surface area contributed by atoms with Crippen molar-refractivity contribution in [1.29, 1.82) is 0 Å². The van der Waals surface area contributed by atoms with Gasteiger partial charge in [-0.25, -0.2) is 4.39 Å². The highest BCUT2D eigenvalue weighted by Gasteiger charge is 2.27. The average molecular weight is 252 g/mol. The molecule has 0 aliphatic carbocycles. The molecule has 1 atom stereocenters. The summed E-state index contributed by atoms with van der Waals surface area (Å²) in [5.41, 5.74) is 0.865. The van der Waals surface area contributed by atoms with Crippen LogP contribution in [0.15, 0.2) is 18.2 Å². The normalized spacial score (nSPS) is 12.0. The predicted molar refractivity (Wildman–Crippen MR) is 65.9 cm³/mol. The lowest BCUT2D eigenvalue weighted by molar-refractivity contribution is -0.146. The molecule has 0 amide bonds. The summed E-state index contributed by atoms with van der Waals surface area (Å²) in [7, 11) is 0. The Labute approximate surface area is 106 Å². The van der Waals surface area contributed by atoms with E-state index in [0.29, 0.717) is 12.0 Å². The number of Topliss-reactive ketones (excluding diaryl/α,β-unsaturated/α-hetero) is 1. The number of aryl methyl sites for hydroxylation is 1. The van der Waals surface area contributed by atoms with E-state index in [0.717, 1.165) is 6.07 Å². The summed E-state index contributed by atoms with van der Waals surface area (Å²) in [5.74, 6) is -2.27. The van der Waals surface area contributed by atoms with Gasteiger partial charge >= 0.3 is 5.97 Å². The molecule has 1 aromatic carbocycles. The molecule has 0 saturated heterocycles. The van der Waals surface area contributed by atoms with Crippen LogP contribution in [-0.4, -0.2) is 18.4 Å². The summed E-state index contributed by atoms with van der Waals surface area (Å²) < 4.78 is 18.1. The minimum Gasteiger partial charge on any atom is -0.465 e. The molecule has 0 heterocycles. The number of ether oxygens (including phenoxy) is 1. The van der Waals surface area contributed by atoms with E-state index in [1.807, 2.05) is 0 Å². The quantitative estimate of drug-likeness (QED) is 0.460. The molecule has 98 valence electrons. The summed E-state index contributed by atoms with van der Waals surface area (Å²) in [6.07, 6.45) is 0.341. The van der Waals surface area contributed by atoms with Crippen LogP contribution in [0.5, 0.6) is 0 Å². The number of hydrogen-bond donors (Lipinski definition) is 0. The SMILES string of the molecule is CCOC(=O)C(CC)C(=O)c1cc(C)cc(F)c1. The molecule has 0 bridgehead atoms. The first-order chi connectivity index (χ1) is 8.49. The lowest BCUT2D eigenvalue weighted by Gasteiger charge is -2.12. The van der Waals surface area contributed by atoms with Crippen molar-refractivity contribution in [2.24, 2.45) is 5.92 Å². The molecule has 0 saturated carbocycles. The van der Waals surface area contributed by atoms with Gasteiger partial charge in [0.25, 0.3) is 0 Å². The number of benzene rings is 1. The van der Waals surface area contributed by atoms with Gasteiger partial charge in [-0.15, -0.1) is 0 Å². The van der Waals surface area contributed by atoms with Crippen molar-refractivity contribution in [3.63, 3.8) is 0 Å². The van der Waals surface area contributed by atoms with Gasteiger partial charge in [-0.05, 0) is 44.0 Å². The lowest BCUT2D eigenvalue weighted by atomic mass is 9.94. The molecular formula is C14H17FO3. The third kappa shape index (κ3) is 3.39. The van der Waals surface area contributed by atoms with E-state index in [1.165, 1.54) is 6.07 Å². The fourth-order valence-corrected chi connectivity index (χ4v) is 1.78. The van der Waals surface area contributed by atoms with E-state index in [4.69, 9.17) is 4.74 Å². The molecule has 1 rings (SSSR count). The zero-order valence-corrected chi connectivity index (χ0v) is 10.8. The van der Waals surface area contributed by atoms with Crippen LogP contribution in [0.1, 0.15) is 36.2 Å². The number of rotatable bonds is 5. The van der Waals surface area contributed by atoms with Crippen molar-refractivity contribution in [1.82, 2.24) is 0 Å². The van der Waals surface area contributed by atoms with Crippen LogP contribution in [0.4, 0.5) is 4.39 Å². The highest BCUT2D eigenvalue weighted by atomic mass is 19.1. The second-order valence-corrected chi connectivity index (χ2v) is 4.09. The van der Waals surface area contributed by atoms with Crippen LogP contribution in [0.25, 0.3) is 0 Å².